The molecule has 0 saturated heterocycles. The van der Waals surface area contributed by atoms with Gasteiger partial charge in [-0.1, -0.05) is 37.0 Å². The number of rotatable bonds is 8. The number of furan rings is 1. The van der Waals surface area contributed by atoms with Crippen molar-refractivity contribution in [2.45, 2.75) is 19.9 Å². The molecule has 1 heterocycles. The molecule has 3 N–H and O–H groups in total. The van der Waals surface area contributed by atoms with Crippen LogP contribution in [0.15, 0.2) is 41.0 Å². The first-order chi connectivity index (χ1) is 13.3. The monoisotopic (exact) mass is 425 g/mol. The molecule has 0 unspecified atom stereocenters. The maximum absolute atomic E-state index is 12.5. The average molecular weight is 426 g/mol. The minimum atomic E-state index is -0.764. The standard InChI is InChI=1S/C19H21Cl2N3O4/c1-11(2)16(24-17(25)13-6-5-12(20)10-14(13)21)19(27)23-8-7-22-18(26)15-4-3-9-28-15/h3-6,9-11,16H,7-8H2,1-2H3,(H,22,26)(H,23,27)(H,24,25)/t16-/m0/s1. The lowest BCUT2D eigenvalue weighted by molar-refractivity contribution is -0.123. The molecule has 0 spiro atoms. The molecule has 0 saturated carbocycles. The molecule has 0 bridgehead atoms. The van der Waals surface area contributed by atoms with Crippen molar-refractivity contribution in [2.75, 3.05) is 13.1 Å². The lowest BCUT2D eigenvalue weighted by atomic mass is 10.0. The van der Waals surface area contributed by atoms with Crippen LogP contribution in [0.25, 0.3) is 0 Å². The third-order valence-corrected chi connectivity index (χ3v) is 4.41. The Morgan fingerprint density at radius 2 is 1.75 bits per heavy atom. The van der Waals surface area contributed by atoms with E-state index in [4.69, 9.17) is 27.6 Å². The van der Waals surface area contributed by atoms with Gasteiger partial charge in [0.15, 0.2) is 5.76 Å². The first kappa shape index (κ1) is 21.8. The molecule has 2 aromatic rings. The number of hydrogen-bond acceptors (Lipinski definition) is 4. The molecule has 9 heteroatoms. The molecule has 0 aliphatic heterocycles. The summed E-state index contributed by atoms with van der Waals surface area (Å²) in [7, 11) is 0. The van der Waals surface area contributed by atoms with Gasteiger partial charge in [0.2, 0.25) is 5.91 Å². The molecule has 0 aliphatic carbocycles. The van der Waals surface area contributed by atoms with E-state index in [1.807, 2.05) is 13.8 Å². The molecular formula is C19H21Cl2N3O4. The van der Waals surface area contributed by atoms with Crippen molar-refractivity contribution < 1.29 is 18.8 Å². The van der Waals surface area contributed by atoms with Crippen LogP contribution in [0, 0.1) is 5.92 Å². The number of carbonyl (C=O) groups excluding carboxylic acids is 3. The topological polar surface area (TPSA) is 100 Å². The summed E-state index contributed by atoms with van der Waals surface area (Å²) in [6.07, 6.45) is 1.40. The molecule has 3 amide bonds. The highest BCUT2D eigenvalue weighted by Gasteiger charge is 2.25. The summed E-state index contributed by atoms with van der Waals surface area (Å²) in [6, 6.07) is 6.90. The second-order valence-corrected chi connectivity index (χ2v) is 7.19. The van der Waals surface area contributed by atoms with Gasteiger partial charge in [-0.3, -0.25) is 14.4 Å². The Bertz CT molecular complexity index is 838. The van der Waals surface area contributed by atoms with Gasteiger partial charge in [-0.25, -0.2) is 0 Å². The van der Waals surface area contributed by atoms with Crippen LogP contribution in [-0.2, 0) is 4.79 Å². The molecule has 0 radical (unpaired) electrons. The fraction of sp³-hybridized carbons (Fsp3) is 0.316. The molecule has 1 aromatic heterocycles. The van der Waals surface area contributed by atoms with Crippen LogP contribution in [0.1, 0.15) is 34.8 Å². The van der Waals surface area contributed by atoms with Gasteiger partial charge < -0.3 is 20.4 Å². The number of halogens is 2. The summed E-state index contributed by atoms with van der Waals surface area (Å²) in [6.45, 7) is 4.04. The summed E-state index contributed by atoms with van der Waals surface area (Å²) < 4.78 is 4.98. The maximum atomic E-state index is 12.5. The molecular weight excluding hydrogens is 405 g/mol. The van der Waals surface area contributed by atoms with Gasteiger partial charge in [-0.15, -0.1) is 0 Å². The first-order valence-electron chi connectivity index (χ1n) is 8.65. The Hall–Kier alpha value is -2.51. The number of hydrogen-bond donors (Lipinski definition) is 3. The summed E-state index contributed by atoms with van der Waals surface area (Å²) in [4.78, 5) is 36.7. The van der Waals surface area contributed by atoms with Crippen molar-refractivity contribution in [3.8, 4) is 0 Å². The smallest absolute Gasteiger partial charge is 0.287 e. The Labute approximate surface area is 172 Å². The fourth-order valence-corrected chi connectivity index (χ4v) is 2.89. The normalized spacial score (nSPS) is 11.8. The zero-order valence-electron chi connectivity index (χ0n) is 15.4. The zero-order chi connectivity index (χ0) is 20.7. The van der Waals surface area contributed by atoms with Gasteiger partial charge in [0.05, 0.1) is 16.8 Å². The van der Waals surface area contributed by atoms with E-state index in [1.54, 1.807) is 18.2 Å². The van der Waals surface area contributed by atoms with Gasteiger partial charge in [0.25, 0.3) is 11.8 Å². The predicted molar refractivity (Wildman–Crippen MR) is 107 cm³/mol. The SMILES string of the molecule is CC(C)[C@H](NC(=O)c1ccc(Cl)cc1Cl)C(=O)NCCNC(=O)c1ccco1. The van der Waals surface area contributed by atoms with Gasteiger partial charge in [0, 0.05) is 18.1 Å². The second-order valence-electron chi connectivity index (χ2n) is 6.34. The van der Waals surface area contributed by atoms with E-state index in [9.17, 15) is 14.4 Å². The lowest BCUT2D eigenvalue weighted by Crippen LogP contribution is -2.50. The molecule has 0 fully saturated rings. The predicted octanol–water partition coefficient (Wildman–Crippen LogP) is 2.89. The van der Waals surface area contributed by atoms with Crippen LogP contribution < -0.4 is 16.0 Å². The molecule has 150 valence electrons. The van der Waals surface area contributed by atoms with Crippen molar-refractivity contribution >= 4 is 40.9 Å². The van der Waals surface area contributed by atoms with E-state index < -0.39 is 11.9 Å². The highest BCUT2D eigenvalue weighted by molar-refractivity contribution is 6.36. The second kappa shape index (κ2) is 10.1. The van der Waals surface area contributed by atoms with E-state index in [1.165, 1.54) is 18.4 Å². The summed E-state index contributed by atoms with van der Waals surface area (Å²) in [5.41, 5.74) is 0.232. The fourth-order valence-electron chi connectivity index (χ4n) is 2.39. The van der Waals surface area contributed by atoms with E-state index in [0.29, 0.717) is 5.02 Å². The number of carbonyl (C=O) groups is 3. The van der Waals surface area contributed by atoms with Crippen molar-refractivity contribution in [3.63, 3.8) is 0 Å². The Balaban J connectivity index is 1.87. The largest absolute Gasteiger partial charge is 0.459 e. The average Bonchev–Trinajstić information content (AvgIpc) is 3.17. The molecule has 28 heavy (non-hydrogen) atoms. The summed E-state index contributed by atoms with van der Waals surface area (Å²) in [5.74, 6) is -1.17. The van der Waals surface area contributed by atoms with Crippen LogP contribution in [0.2, 0.25) is 10.0 Å². The van der Waals surface area contributed by atoms with Crippen molar-refractivity contribution in [1.29, 1.82) is 0 Å². The number of benzene rings is 1. The van der Waals surface area contributed by atoms with Crippen LogP contribution in [0.5, 0.6) is 0 Å². The maximum Gasteiger partial charge on any atom is 0.287 e. The van der Waals surface area contributed by atoms with Gasteiger partial charge >= 0.3 is 0 Å². The molecule has 1 atom stereocenters. The van der Waals surface area contributed by atoms with Crippen molar-refractivity contribution in [3.05, 3.63) is 58.0 Å². The van der Waals surface area contributed by atoms with E-state index in [0.717, 1.165) is 0 Å². The summed E-state index contributed by atoms with van der Waals surface area (Å²) >= 11 is 11.9. The Morgan fingerprint density at radius 3 is 2.36 bits per heavy atom. The van der Waals surface area contributed by atoms with Crippen molar-refractivity contribution in [1.82, 2.24) is 16.0 Å². The number of nitrogens with one attached hydrogen (secondary N) is 3. The Morgan fingerprint density at radius 1 is 1.04 bits per heavy atom. The first-order valence-corrected chi connectivity index (χ1v) is 9.40. The minimum Gasteiger partial charge on any atom is -0.459 e. The molecule has 2 rings (SSSR count). The van der Waals surface area contributed by atoms with Crippen LogP contribution in [0.4, 0.5) is 0 Å². The molecule has 1 aromatic carbocycles. The third kappa shape index (κ3) is 6.00. The van der Waals surface area contributed by atoms with E-state index in [2.05, 4.69) is 16.0 Å². The van der Waals surface area contributed by atoms with E-state index in [-0.39, 0.29) is 47.2 Å². The van der Waals surface area contributed by atoms with Gasteiger partial charge in [-0.05, 0) is 36.2 Å². The van der Waals surface area contributed by atoms with Gasteiger partial charge in [-0.2, -0.15) is 0 Å². The highest BCUT2D eigenvalue weighted by atomic mass is 35.5. The summed E-state index contributed by atoms with van der Waals surface area (Å²) in [5, 5.41) is 8.62. The van der Waals surface area contributed by atoms with Gasteiger partial charge in [0.1, 0.15) is 6.04 Å². The zero-order valence-corrected chi connectivity index (χ0v) is 16.9. The Kier molecular flexibility index (Phi) is 7.90. The van der Waals surface area contributed by atoms with Crippen LogP contribution >= 0.6 is 23.2 Å². The third-order valence-electron chi connectivity index (χ3n) is 3.87. The van der Waals surface area contributed by atoms with Crippen molar-refractivity contribution in [2.24, 2.45) is 5.92 Å². The van der Waals surface area contributed by atoms with E-state index >= 15 is 0 Å². The van der Waals surface area contributed by atoms with Crippen LogP contribution in [-0.4, -0.2) is 36.9 Å². The lowest BCUT2D eigenvalue weighted by Gasteiger charge is -2.22. The molecule has 7 nitrogen and oxygen atoms in total. The van der Waals surface area contributed by atoms with Crippen LogP contribution in [0.3, 0.4) is 0 Å². The quantitative estimate of drug-likeness (QED) is 0.565. The molecule has 0 aliphatic rings. The highest BCUT2D eigenvalue weighted by Crippen LogP contribution is 2.21. The number of amides is 3. The minimum absolute atomic E-state index is 0.160.